The number of rotatable bonds is 4. The van der Waals surface area contributed by atoms with E-state index in [1.807, 2.05) is 67.8 Å². The van der Waals surface area contributed by atoms with Crippen molar-refractivity contribution in [3.05, 3.63) is 22.8 Å². The van der Waals surface area contributed by atoms with Crippen LogP contribution >= 0.6 is 67.8 Å². The van der Waals surface area contributed by atoms with Gasteiger partial charge in [-0.1, -0.05) is 0 Å². The summed E-state index contributed by atoms with van der Waals surface area (Å²) < 4.78 is 63.4. The Bertz CT molecular complexity index is 647. The number of carbonyl (C=O) groups is 1. The molecule has 0 saturated heterocycles. The second kappa shape index (κ2) is 6.82. The van der Waals surface area contributed by atoms with E-state index in [-0.39, 0.29) is 5.75 Å². The average molecular weight is 643 g/mol. The fourth-order valence-corrected chi connectivity index (χ4v) is 3.53. The van der Waals surface area contributed by atoms with Crippen molar-refractivity contribution in [3.63, 3.8) is 0 Å². The van der Waals surface area contributed by atoms with Crippen molar-refractivity contribution in [1.82, 2.24) is 0 Å². The highest BCUT2D eigenvalue weighted by molar-refractivity contribution is 14.1. The van der Waals surface area contributed by atoms with Gasteiger partial charge in [0, 0.05) is 7.14 Å². The van der Waals surface area contributed by atoms with Crippen molar-refractivity contribution in [2.24, 2.45) is 0 Å². The summed E-state index contributed by atoms with van der Waals surface area (Å²) in [7, 11) is -5.91. The molecule has 11 heteroatoms. The number of alkyl halides is 2. The van der Waals surface area contributed by atoms with E-state index in [1.165, 1.54) is 6.07 Å². The molecule has 0 aliphatic rings. The summed E-state index contributed by atoms with van der Waals surface area (Å²) in [5.74, 6) is -1.46. The number of esters is 1. The lowest BCUT2D eigenvalue weighted by molar-refractivity contribution is -0.138. The Morgan fingerprint density at radius 1 is 1.30 bits per heavy atom. The van der Waals surface area contributed by atoms with Crippen LogP contribution in [0.5, 0.6) is 5.75 Å². The first kappa shape index (κ1) is 18.7. The van der Waals surface area contributed by atoms with Crippen molar-refractivity contribution in [2.45, 2.75) is 11.7 Å². The van der Waals surface area contributed by atoms with Gasteiger partial charge in [-0.2, -0.15) is 8.78 Å². The third-order valence-electron chi connectivity index (χ3n) is 1.90. The van der Waals surface area contributed by atoms with Gasteiger partial charge in [0.15, 0.2) is 10.1 Å². The summed E-state index contributed by atoms with van der Waals surface area (Å²) in [5, 5.41) is -4.69. The number of halogens is 5. The van der Waals surface area contributed by atoms with Crippen LogP contribution in [0.1, 0.15) is 6.42 Å². The molecule has 0 atom stereocenters. The smallest absolute Gasteiger partial charge is 0.344 e. The Morgan fingerprint density at radius 2 is 1.85 bits per heavy atom. The first-order valence-corrected chi connectivity index (χ1v) is 9.27. The zero-order chi connectivity index (χ0) is 15.7. The molecule has 0 radical (unpaired) electrons. The molecule has 0 heterocycles. The number of benzene rings is 1. The van der Waals surface area contributed by atoms with Crippen LogP contribution in [0.4, 0.5) is 8.78 Å². The predicted octanol–water partition coefficient (Wildman–Crippen LogP) is 2.93. The average Bonchev–Trinajstić information content (AvgIpc) is 2.22. The highest BCUT2D eigenvalue weighted by Crippen LogP contribution is 2.30. The van der Waals surface area contributed by atoms with Crippen molar-refractivity contribution >= 4 is 83.9 Å². The topological polar surface area (TPSA) is 83.5 Å². The highest BCUT2D eigenvalue weighted by Gasteiger charge is 2.41. The van der Waals surface area contributed by atoms with Crippen LogP contribution < -0.4 is 4.74 Å². The van der Waals surface area contributed by atoms with E-state index in [2.05, 4.69) is 0 Å². The maximum atomic E-state index is 12.9. The van der Waals surface area contributed by atoms with Gasteiger partial charge >= 0.3 is 11.2 Å². The van der Waals surface area contributed by atoms with E-state index in [1.54, 1.807) is 6.07 Å². The molecule has 0 saturated carbocycles. The first-order chi connectivity index (χ1) is 8.94. The minimum Gasteiger partial charge on any atom is -0.743 e. The third kappa shape index (κ3) is 4.84. The van der Waals surface area contributed by atoms with Gasteiger partial charge in [0.25, 0.3) is 0 Å². The molecule has 0 spiro atoms. The number of hydrogen-bond donors (Lipinski definition) is 0. The van der Waals surface area contributed by atoms with Gasteiger partial charge in [-0.15, -0.1) is 0 Å². The van der Waals surface area contributed by atoms with Crippen LogP contribution in [0.3, 0.4) is 0 Å². The monoisotopic (exact) mass is 643 g/mol. The second-order valence-electron chi connectivity index (χ2n) is 3.44. The molecule has 0 bridgehead atoms. The summed E-state index contributed by atoms with van der Waals surface area (Å²) in [5.41, 5.74) is 0. The van der Waals surface area contributed by atoms with Gasteiger partial charge in [-0.25, -0.2) is 8.42 Å². The van der Waals surface area contributed by atoms with Gasteiger partial charge in [0.05, 0.1) is 3.57 Å². The van der Waals surface area contributed by atoms with E-state index < -0.39 is 27.8 Å². The zero-order valence-corrected chi connectivity index (χ0v) is 16.5. The predicted molar refractivity (Wildman–Crippen MR) is 89.5 cm³/mol. The van der Waals surface area contributed by atoms with Crippen molar-refractivity contribution in [3.8, 4) is 5.75 Å². The van der Waals surface area contributed by atoms with E-state index in [0.29, 0.717) is 7.14 Å². The van der Waals surface area contributed by atoms with Gasteiger partial charge in [0.1, 0.15) is 12.2 Å². The molecule has 0 unspecified atom stereocenters. The Kier molecular flexibility index (Phi) is 6.38. The Morgan fingerprint density at radius 3 is 2.35 bits per heavy atom. The van der Waals surface area contributed by atoms with E-state index in [0.717, 1.165) is 3.57 Å². The van der Waals surface area contributed by atoms with Gasteiger partial charge in [-0.3, -0.25) is 4.79 Å². The zero-order valence-electron chi connectivity index (χ0n) is 9.20. The van der Waals surface area contributed by atoms with Gasteiger partial charge in [0.2, 0.25) is 0 Å². The Labute approximate surface area is 154 Å². The summed E-state index contributed by atoms with van der Waals surface area (Å²) >= 11 is 5.76. The van der Waals surface area contributed by atoms with Crippen molar-refractivity contribution < 1.29 is 31.3 Å². The lowest BCUT2D eigenvalue weighted by atomic mass is 10.3. The molecule has 0 aliphatic carbocycles. The molecule has 1 rings (SSSR count). The number of hydrogen-bond acceptors (Lipinski definition) is 5. The van der Waals surface area contributed by atoms with Crippen LogP contribution in [0.25, 0.3) is 0 Å². The second-order valence-corrected chi connectivity index (χ2v) is 8.43. The summed E-state index contributed by atoms with van der Waals surface area (Å²) in [6.07, 6.45) is -1.82. The number of carbonyl (C=O) groups excluding carboxylic acids is 1. The minimum absolute atomic E-state index is 0.0333. The quantitative estimate of drug-likeness (QED) is 0.166. The molecule has 20 heavy (non-hydrogen) atoms. The van der Waals surface area contributed by atoms with Crippen molar-refractivity contribution in [2.75, 3.05) is 0 Å². The van der Waals surface area contributed by atoms with E-state index >= 15 is 0 Å². The molecule has 0 fully saturated rings. The summed E-state index contributed by atoms with van der Waals surface area (Å²) in [6, 6.07) is 3.21. The fraction of sp³-hybridized carbons (Fsp3) is 0.222. The van der Waals surface area contributed by atoms with Crippen LogP contribution in [0.2, 0.25) is 0 Å². The van der Waals surface area contributed by atoms with E-state index in [9.17, 15) is 26.5 Å². The van der Waals surface area contributed by atoms with Gasteiger partial charge < -0.3 is 9.29 Å². The first-order valence-electron chi connectivity index (χ1n) is 4.62. The normalized spacial score (nSPS) is 12.3. The SMILES string of the molecule is O=C(CC(F)(F)S(=O)(=O)[O-])Oc1cc(I)cc(I)c1I. The largest absolute Gasteiger partial charge is 0.743 e. The molecule has 5 nitrogen and oxygen atoms in total. The van der Waals surface area contributed by atoms with E-state index in [4.69, 9.17) is 4.74 Å². The lowest BCUT2D eigenvalue weighted by Crippen LogP contribution is -2.32. The summed E-state index contributed by atoms with van der Waals surface area (Å²) in [6.45, 7) is 0. The van der Waals surface area contributed by atoms with Crippen LogP contribution in [-0.4, -0.2) is 24.2 Å². The molecule has 112 valence electrons. The molecule has 0 aliphatic heterocycles. The molecule has 0 amide bonds. The lowest BCUT2D eigenvalue weighted by Gasteiger charge is -2.19. The minimum atomic E-state index is -5.91. The highest BCUT2D eigenvalue weighted by atomic mass is 127. The van der Waals surface area contributed by atoms with Gasteiger partial charge in [-0.05, 0) is 79.9 Å². The molecule has 0 N–H and O–H groups in total. The standard InChI is InChI=1S/C9H5F2I3O5S/c10-9(11,20(16,17)18)3-7(15)19-6-2-4(12)1-5(13)8(6)14/h1-2H,3H2,(H,16,17,18)/p-1. The molecule has 1 aromatic rings. The van der Waals surface area contributed by atoms with Crippen LogP contribution in [0, 0.1) is 10.7 Å². The number of ether oxygens (including phenoxy) is 1. The molecular weight excluding hydrogens is 639 g/mol. The third-order valence-corrected chi connectivity index (χ3v) is 6.39. The molecule has 1 aromatic carbocycles. The molecular formula is C9H4F2I3O5S-. The fourth-order valence-electron chi connectivity index (χ4n) is 1.02. The van der Waals surface area contributed by atoms with Crippen LogP contribution in [0.15, 0.2) is 12.1 Å². The Balaban J connectivity index is 2.93. The Hall–Kier alpha value is 0.650. The maximum absolute atomic E-state index is 12.9. The summed E-state index contributed by atoms with van der Waals surface area (Å²) in [4.78, 5) is 11.3. The van der Waals surface area contributed by atoms with Crippen molar-refractivity contribution in [1.29, 1.82) is 0 Å². The molecule has 0 aromatic heterocycles. The maximum Gasteiger partial charge on any atom is 0.344 e. The van der Waals surface area contributed by atoms with Crippen LogP contribution in [-0.2, 0) is 14.9 Å².